The summed E-state index contributed by atoms with van der Waals surface area (Å²) in [6, 6.07) is 1.83. The van der Waals surface area contributed by atoms with E-state index in [1.807, 2.05) is 6.07 Å². The van der Waals surface area contributed by atoms with Crippen molar-refractivity contribution in [1.82, 2.24) is 14.5 Å². The van der Waals surface area contributed by atoms with Crippen LogP contribution in [-0.2, 0) is 7.05 Å². The second-order valence-corrected chi connectivity index (χ2v) is 4.04. The van der Waals surface area contributed by atoms with Crippen molar-refractivity contribution in [1.29, 1.82) is 0 Å². The van der Waals surface area contributed by atoms with E-state index in [1.165, 1.54) is 5.57 Å². The second-order valence-electron chi connectivity index (χ2n) is 4.04. The predicted molar refractivity (Wildman–Crippen MR) is 69.9 cm³/mol. The number of hydrogen-bond acceptors (Lipinski definition) is 2. The van der Waals surface area contributed by atoms with E-state index in [9.17, 15) is 4.79 Å². The zero-order valence-corrected chi connectivity index (χ0v) is 10.4. The molecule has 0 aliphatic carbocycles. The lowest BCUT2D eigenvalue weighted by Crippen LogP contribution is -2.12. The van der Waals surface area contributed by atoms with Crippen LogP contribution >= 0.6 is 0 Å². The molecule has 0 amide bonds. The third-order valence-electron chi connectivity index (χ3n) is 2.94. The Morgan fingerprint density at radius 3 is 2.94 bits per heavy atom. The Morgan fingerprint density at radius 1 is 1.53 bits per heavy atom. The molecule has 4 heteroatoms. The lowest BCUT2D eigenvalue weighted by molar-refractivity contribution is 0.887. The van der Waals surface area contributed by atoms with E-state index in [0.29, 0.717) is 0 Å². The number of aromatic nitrogens is 3. The first-order valence-corrected chi connectivity index (χ1v) is 5.92. The van der Waals surface area contributed by atoms with E-state index in [0.717, 1.165) is 29.6 Å². The highest BCUT2D eigenvalue weighted by atomic mass is 16.1. The van der Waals surface area contributed by atoms with Crippen molar-refractivity contribution >= 4 is 16.6 Å². The minimum atomic E-state index is -0.0961. The van der Waals surface area contributed by atoms with Crippen LogP contribution in [0.15, 0.2) is 23.1 Å². The molecule has 0 saturated heterocycles. The van der Waals surface area contributed by atoms with Crippen molar-refractivity contribution in [2.75, 3.05) is 0 Å². The van der Waals surface area contributed by atoms with Gasteiger partial charge in [-0.1, -0.05) is 19.9 Å². The molecule has 0 spiro atoms. The molecule has 0 bridgehead atoms. The van der Waals surface area contributed by atoms with Crippen LogP contribution in [0.1, 0.15) is 32.4 Å². The van der Waals surface area contributed by atoms with Crippen LogP contribution in [0, 0.1) is 0 Å². The zero-order valence-electron chi connectivity index (χ0n) is 10.4. The minimum Gasteiger partial charge on any atom is -0.305 e. The Balaban J connectivity index is 2.77. The number of aryl methyl sites for hydroxylation is 1. The topological polar surface area (TPSA) is 50.7 Å². The summed E-state index contributed by atoms with van der Waals surface area (Å²) in [5.41, 5.74) is 3.73. The lowest BCUT2D eigenvalue weighted by atomic mass is 10.1. The van der Waals surface area contributed by atoms with Gasteiger partial charge < -0.3 is 4.98 Å². The number of pyridine rings is 1. The van der Waals surface area contributed by atoms with Gasteiger partial charge in [-0.25, -0.2) is 4.79 Å². The minimum absolute atomic E-state index is 0.0961. The van der Waals surface area contributed by atoms with Crippen molar-refractivity contribution in [2.45, 2.75) is 26.7 Å². The number of nitrogens with one attached hydrogen (secondary N) is 1. The monoisotopic (exact) mass is 231 g/mol. The van der Waals surface area contributed by atoms with E-state index in [4.69, 9.17) is 0 Å². The third-order valence-corrected chi connectivity index (χ3v) is 2.94. The van der Waals surface area contributed by atoms with Crippen molar-refractivity contribution in [3.63, 3.8) is 0 Å². The van der Waals surface area contributed by atoms with Gasteiger partial charge in [0.15, 0.2) is 0 Å². The molecule has 0 atom stereocenters. The number of nitrogens with zero attached hydrogens (tertiary/aromatic N) is 2. The summed E-state index contributed by atoms with van der Waals surface area (Å²) in [5, 5.41) is 0. The highest BCUT2D eigenvalue weighted by molar-refractivity contribution is 5.87. The fourth-order valence-electron chi connectivity index (χ4n) is 2.08. The smallest absolute Gasteiger partial charge is 0.305 e. The van der Waals surface area contributed by atoms with Crippen LogP contribution in [0.3, 0.4) is 0 Å². The third kappa shape index (κ3) is 1.90. The van der Waals surface area contributed by atoms with Crippen LogP contribution < -0.4 is 5.69 Å². The molecule has 0 unspecified atom stereocenters. The lowest BCUT2D eigenvalue weighted by Gasteiger charge is -2.06. The molecule has 1 N–H and O–H groups in total. The van der Waals surface area contributed by atoms with E-state index in [-0.39, 0.29) is 5.69 Å². The fourth-order valence-corrected chi connectivity index (χ4v) is 2.08. The molecule has 0 aliphatic heterocycles. The summed E-state index contributed by atoms with van der Waals surface area (Å²) < 4.78 is 1.62. The molecule has 0 saturated carbocycles. The van der Waals surface area contributed by atoms with Gasteiger partial charge in [0.2, 0.25) is 0 Å². The number of aromatic amines is 1. The molecule has 0 aromatic carbocycles. The average molecular weight is 231 g/mol. The maximum Gasteiger partial charge on any atom is 0.326 e. The molecule has 90 valence electrons. The van der Waals surface area contributed by atoms with Gasteiger partial charge >= 0.3 is 5.69 Å². The quantitative estimate of drug-likeness (QED) is 0.882. The largest absolute Gasteiger partial charge is 0.326 e. The van der Waals surface area contributed by atoms with Gasteiger partial charge in [0, 0.05) is 13.2 Å². The summed E-state index contributed by atoms with van der Waals surface area (Å²) in [6.07, 6.45) is 5.80. The zero-order chi connectivity index (χ0) is 12.4. The van der Waals surface area contributed by atoms with E-state index >= 15 is 0 Å². The first kappa shape index (κ1) is 11.6. The standard InChI is InChI=1S/C13H17N3O/c1-4-6-9(5-2)11-12-10(7-8-14-11)15-13(17)16(12)3/h6-8H,4-5H2,1-3H3,(H,15,17)/b9-6-. The highest BCUT2D eigenvalue weighted by Crippen LogP contribution is 2.23. The van der Waals surface area contributed by atoms with Crippen molar-refractivity contribution in [3.8, 4) is 0 Å². The fraction of sp³-hybridized carbons (Fsp3) is 0.385. The Hall–Kier alpha value is -1.84. The average Bonchev–Trinajstić information content (AvgIpc) is 2.62. The van der Waals surface area contributed by atoms with Crippen molar-refractivity contribution < 1.29 is 0 Å². The van der Waals surface area contributed by atoms with Crippen molar-refractivity contribution in [3.05, 3.63) is 34.5 Å². The normalized spacial score (nSPS) is 12.3. The van der Waals surface area contributed by atoms with E-state index in [2.05, 4.69) is 29.9 Å². The molecule has 2 aromatic heterocycles. The molecule has 2 aromatic rings. The Morgan fingerprint density at radius 2 is 2.29 bits per heavy atom. The number of allylic oxidation sites excluding steroid dienone is 2. The maximum atomic E-state index is 11.6. The first-order chi connectivity index (χ1) is 8.19. The Bertz CT molecular complexity index is 619. The van der Waals surface area contributed by atoms with E-state index < -0.39 is 0 Å². The molecule has 17 heavy (non-hydrogen) atoms. The van der Waals surface area contributed by atoms with Crippen LogP contribution in [0.5, 0.6) is 0 Å². The number of hydrogen-bond donors (Lipinski definition) is 1. The number of rotatable bonds is 3. The molecule has 0 aliphatic rings. The van der Waals surface area contributed by atoms with Crippen LogP contribution in [0.2, 0.25) is 0 Å². The molecule has 4 nitrogen and oxygen atoms in total. The van der Waals surface area contributed by atoms with Crippen molar-refractivity contribution in [2.24, 2.45) is 7.05 Å². The first-order valence-electron chi connectivity index (χ1n) is 5.92. The summed E-state index contributed by atoms with van der Waals surface area (Å²) in [5.74, 6) is 0. The number of H-pyrrole nitrogens is 1. The van der Waals surface area contributed by atoms with Gasteiger partial charge in [-0.3, -0.25) is 9.55 Å². The molecule has 2 rings (SSSR count). The highest BCUT2D eigenvalue weighted by Gasteiger charge is 2.11. The second kappa shape index (κ2) is 4.57. The summed E-state index contributed by atoms with van der Waals surface area (Å²) >= 11 is 0. The molecule has 0 fully saturated rings. The summed E-state index contributed by atoms with van der Waals surface area (Å²) in [7, 11) is 1.77. The molecular formula is C13H17N3O. The number of imidazole rings is 1. The summed E-state index contributed by atoms with van der Waals surface area (Å²) in [4.78, 5) is 18.9. The van der Waals surface area contributed by atoms with Crippen LogP contribution in [0.4, 0.5) is 0 Å². The predicted octanol–water partition coefficient (Wildman–Crippen LogP) is 2.46. The van der Waals surface area contributed by atoms with E-state index in [1.54, 1.807) is 17.8 Å². The van der Waals surface area contributed by atoms with Gasteiger partial charge in [-0.05, 0) is 24.5 Å². The van der Waals surface area contributed by atoms with Gasteiger partial charge in [-0.2, -0.15) is 0 Å². The van der Waals surface area contributed by atoms with Crippen LogP contribution in [-0.4, -0.2) is 14.5 Å². The van der Waals surface area contributed by atoms with Gasteiger partial charge in [-0.15, -0.1) is 0 Å². The Kier molecular flexibility index (Phi) is 3.13. The van der Waals surface area contributed by atoms with Crippen LogP contribution in [0.25, 0.3) is 16.6 Å². The maximum absolute atomic E-state index is 11.6. The van der Waals surface area contributed by atoms with Gasteiger partial charge in [0.1, 0.15) is 0 Å². The molecule has 0 radical (unpaired) electrons. The molecular weight excluding hydrogens is 214 g/mol. The molecule has 2 heterocycles. The SMILES string of the molecule is CC/C=C(/CC)c1nccc2[nH]c(=O)n(C)c12. The van der Waals surface area contributed by atoms with Gasteiger partial charge in [0.25, 0.3) is 0 Å². The number of fused-ring (bicyclic) bond motifs is 1. The Labute approximate surface area is 100.0 Å². The summed E-state index contributed by atoms with van der Waals surface area (Å²) in [6.45, 7) is 4.21. The van der Waals surface area contributed by atoms with Gasteiger partial charge in [0.05, 0.1) is 16.7 Å².